The summed E-state index contributed by atoms with van der Waals surface area (Å²) in [5.41, 5.74) is 0. The van der Waals surface area contributed by atoms with E-state index in [1.807, 2.05) is 29.3 Å². The molecule has 0 saturated carbocycles. The van der Waals surface area contributed by atoms with Crippen LogP contribution in [0.15, 0.2) is 24.4 Å². The molecule has 2 fully saturated rings. The summed E-state index contributed by atoms with van der Waals surface area (Å²) in [6, 6.07) is 6.44. The van der Waals surface area contributed by atoms with Gasteiger partial charge in [-0.1, -0.05) is 13.0 Å². The lowest BCUT2D eigenvalue weighted by Gasteiger charge is -2.36. The minimum absolute atomic E-state index is 0.128. The molecule has 22 heavy (non-hydrogen) atoms. The van der Waals surface area contributed by atoms with Crippen molar-refractivity contribution in [2.75, 3.05) is 31.1 Å². The van der Waals surface area contributed by atoms with E-state index in [1.54, 1.807) is 0 Å². The lowest BCUT2D eigenvalue weighted by Crippen LogP contribution is -2.51. The lowest BCUT2D eigenvalue weighted by atomic mass is 10.0. The van der Waals surface area contributed by atoms with Crippen molar-refractivity contribution in [3.8, 4) is 0 Å². The van der Waals surface area contributed by atoms with Crippen molar-refractivity contribution in [3.63, 3.8) is 0 Å². The number of nitrogens with one attached hydrogen (secondary N) is 1. The Balaban J connectivity index is 1.46. The van der Waals surface area contributed by atoms with Gasteiger partial charge in [0.25, 0.3) is 0 Å². The highest BCUT2D eigenvalue weighted by Gasteiger charge is 2.25. The molecule has 3 rings (SSSR count). The van der Waals surface area contributed by atoms with Gasteiger partial charge in [0.15, 0.2) is 0 Å². The SMILES string of the molecule is CC1CCCN(C(=O)NC2CCN(c3ccccn3)CC2)C1. The number of rotatable bonds is 2. The second kappa shape index (κ2) is 6.99. The fourth-order valence-electron chi connectivity index (χ4n) is 3.43. The minimum Gasteiger partial charge on any atom is -0.356 e. The second-order valence-electron chi connectivity index (χ2n) is 6.59. The summed E-state index contributed by atoms with van der Waals surface area (Å²) in [6.07, 6.45) is 6.19. The van der Waals surface area contributed by atoms with Gasteiger partial charge in [0, 0.05) is 38.4 Å². The van der Waals surface area contributed by atoms with Gasteiger partial charge in [-0.2, -0.15) is 0 Å². The number of carbonyl (C=O) groups is 1. The van der Waals surface area contributed by atoms with Crippen molar-refractivity contribution < 1.29 is 4.79 Å². The Morgan fingerprint density at radius 2 is 2.05 bits per heavy atom. The molecule has 0 spiro atoms. The first-order chi connectivity index (χ1) is 10.7. The van der Waals surface area contributed by atoms with Gasteiger partial charge in [-0.05, 0) is 43.7 Å². The van der Waals surface area contributed by atoms with Crippen LogP contribution in [0.25, 0.3) is 0 Å². The number of urea groups is 1. The Hall–Kier alpha value is -1.78. The number of hydrogen-bond acceptors (Lipinski definition) is 3. The van der Waals surface area contributed by atoms with Gasteiger partial charge in [-0.25, -0.2) is 9.78 Å². The number of hydrogen-bond donors (Lipinski definition) is 1. The first-order valence-electron chi connectivity index (χ1n) is 8.44. The molecule has 1 aromatic rings. The van der Waals surface area contributed by atoms with Crippen LogP contribution in [0.4, 0.5) is 10.6 Å². The van der Waals surface area contributed by atoms with Crippen LogP contribution in [-0.4, -0.2) is 48.1 Å². The molecule has 0 aromatic carbocycles. The highest BCUT2D eigenvalue weighted by molar-refractivity contribution is 5.74. The third-order valence-corrected chi connectivity index (χ3v) is 4.74. The monoisotopic (exact) mass is 302 g/mol. The highest BCUT2D eigenvalue weighted by Crippen LogP contribution is 2.19. The molecular formula is C17H26N4O. The normalized spacial score (nSPS) is 23.4. The summed E-state index contributed by atoms with van der Waals surface area (Å²) >= 11 is 0. The Bertz CT molecular complexity index is 485. The molecule has 5 nitrogen and oxygen atoms in total. The van der Waals surface area contributed by atoms with Crippen LogP contribution < -0.4 is 10.2 Å². The van der Waals surface area contributed by atoms with Crippen LogP contribution in [0.2, 0.25) is 0 Å². The lowest BCUT2D eigenvalue weighted by molar-refractivity contribution is 0.164. The van der Waals surface area contributed by atoms with Crippen LogP contribution in [0.1, 0.15) is 32.6 Å². The third-order valence-electron chi connectivity index (χ3n) is 4.74. The summed E-state index contributed by atoms with van der Waals surface area (Å²) in [7, 11) is 0. The van der Waals surface area contributed by atoms with Gasteiger partial charge in [-0.15, -0.1) is 0 Å². The van der Waals surface area contributed by atoms with Crippen LogP contribution in [-0.2, 0) is 0 Å². The van der Waals surface area contributed by atoms with Gasteiger partial charge in [0.2, 0.25) is 0 Å². The zero-order valence-electron chi connectivity index (χ0n) is 13.4. The van der Waals surface area contributed by atoms with E-state index in [0.717, 1.165) is 51.3 Å². The Morgan fingerprint density at radius 3 is 2.73 bits per heavy atom. The van der Waals surface area contributed by atoms with E-state index < -0.39 is 0 Å². The number of pyridine rings is 1. The molecule has 2 saturated heterocycles. The molecule has 3 heterocycles. The van der Waals surface area contributed by atoms with Crippen LogP contribution in [0, 0.1) is 5.92 Å². The van der Waals surface area contributed by atoms with Gasteiger partial charge in [0.05, 0.1) is 0 Å². The number of likely N-dealkylation sites (tertiary alicyclic amines) is 1. The highest BCUT2D eigenvalue weighted by atomic mass is 16.2. The van der Waals surface area contributed by atoms with E-state index in [2.05, 4.69) is 22.1 Å². The zero-order valence-corrected chi connectivity index (χ0v) is 13.4. The smallest absolute Gasteiger partial charge is 0.317 e. The number of anilines is 1. The molecule has 1 atom stereocenters. The molecule has 0 radical (unpaired) electrons. The number of nitrogens with zero attached hydrogens (tertiary/aromatic N) is 3. The average molecular weight is 302 g/mol. The van der Waals surface area contributed by atoms with Crippen molar-refractivity contribution >= 4 is 11.8 Å². The number of amides is 2. The zero-order chi connectivity index (χ0) is 15.4. The van der Waals surface area contributed by atoms with Crippen molar-refractivity contribution in [3.05, 3.63) is 24.4 Å². The van der Waals surface area contributed by atoms with Gasteiger partial charge in [-0.3, -0.25) is 0 Å². The molecule has 0 bridgehead atoms. The quantitative estimate of drug-likeness (QED) is 0.913. The van der Waals surface area contributed by atoms with Crippen molar-refractivity contribution in [2.24, 2.45) is 5.92 Å². The van der Waals surface area contributed by atoms with Crippen LogP contribution >= 0.6 is 0 Å². The average Bonchev–Trinajstić information content (AvgIpc) is 2.56. The largest absolute Gasteiger partial charge is 0.356 e. The molecule has 0 aliphatic carbocycles. The number of aromatic nitrogens is 1. The van der Waals surface area contributed by atoms with Crippen molar-refractivity contribution in [2.45, 2.75) is 38.6 Å². The van der Waals surface area contributed by atoms with E-state index in [4.69, 9.17) is 0 Å². The minimum atomic E-state index is 0.128. The maximum atomic E-state index is 12.4. The fourth-order valence-corrected chi connectivity index (χ4v) is 3.43. The van der Waals surface area contributed by atoms with Gasteiger partial charge in [0.1, 0.15) is 5.82 Å². The van der Waals surface area contributed by atoms with E-state index in [-0.39, 0.29) is 6.03 Å². The topological polar surface area (TPSA) is 48.5 Å². The number of piperidine rings is 2. The summed E-state index contributed by atoms with van der Waals surface area (Å²) < 4.78 is 0. The van der Waals surface area contributed by atoms with E-state index in [0.29, 0.717) is 12.0 Å². The summed E-state index contributed by atoms with van der Waals surface area (Å²) in [6.45, 7) is 5.95. The summed E-state index contributed by atoms with van der Waals surface area (Å²) in [5, 5.41) is 3.22. The first-order valence-corrected chi connectivity index (χ1v) is 8.44. The van der Waals surface area contributed by atoms with Gasteiger partial charge >= 0.3 is 6.03 Å². The molecule has 1 aromatic heterocycles. The molecule has 2 aliphatic heterocycles. The Labute approximate surface area is 132 Å². The molecule has 2 amide bonds. The van der Waals surface area contributed by atoms with Crippen molar-refractivity contribution in [1.82, 2.24) is 15.2 Å². The molecule has 2 aliphatic rings. The Kier molecular flexibility index (Phi) is 4.80. The predicted molar refractivity (Wildman–Crippen MR) is 88.0 cm³/mol. The second-order valence-corrected chi connectivity index (χ2v) is 6.59. The van der Waals surface area contributed by atoms with Crippen LogP contribution in [0.3, 0.4) is 0 Å². The summed E-state index contributed by atoms with van der Waals surface area (Å²) in [4.78, 5) is 21.0. The fraction of sp³-hybridized carbons (Fsp3) is 0.647. The maximum absolute atomic E-state index is 12.4. The van der Waals surface area contributed by atoms with Gasteiger partial charge < -0.3 is 15.1 Å². The molecular weight excluding hydrogens is 276 g/mol. The maximum Gasteiger partial charge on any atom is 0.317 e. The third kappa shape index (κ3) is 3.70. The van der Waals surface area contributed by atoms with E-state index >= 15 is 0 Å². The predicted octanol–water partition coefficient (Wildman–Crippen LogP) is 2.49. The standard InChI is InChI=1S/C17H26N4O/c1-14-5-4-10-21(13-14)17(22)19-15-7-11-20(12-8-15)16-6-2-3-9-18-16/h2-3,6,9,14-15H,4-5,7-8,10-13H2,1H3,(H,19,22). The summed E-state index contributed by atoms with van der Waals surface area (Å²) in [5.74, 6) is 1.67. The molecule has 1 unspecified atom stereocenters. The first kappa shape index (κ1) is 15.1. The van der Waals surface area contributed by atoms with Crippen LogP contribution in [0.5, 0.6) is 0 Å². The van der Waals surface area contributed by atoms with Crippen molar-refractivity contribution in [1.29, 1.82) is 0 Å². The molecule has 5 heteroatoms. The van der Waals surface area contributed by atoms with E-state index in [1.165, 1.54) is 6.42 Å². The number of carbonyl (C=O) groups excluding carboxylic acids is 1. The molecule has 1 N–H and O–H groups in total. The molecule has 120 valence electrons. The van der Waals surface area contributed by atoms with E-state index in [9.17, 15) is 4.79 Å². The Morgan fingerprint density at radius 1 is 1.23 bits per heavy atom.